The van der Waals surface area contributed by atoms with Crippen LogP contribution in [0.15, 0.2) is 41.8 Å². The van der Waals surface area contributed by atoms with Crippen molar-refractivity contribution in [1.29, 1.82) is 0 Å². The van der Waals surface area contributed by atoms with Crippen molar-refractivity contribution < 1.29 is 9.53 Å². The van der Waals surface area contributed by atoms with E-state index in [1.807, 2.05) is 41.9 Å². The number of methoxy groups -OCH3 is 1. The first-order valence-electron chi connectivity index (χ1n) is 12.0. The van der Waals surface area contributed by atoms with Gasteiger partial charge in [0.05, 0.1) is 35.5 Å². The maximum atomic E-state index is 12.9. The number of amides is 1. The quantitative estimate of drug-likeness (QED) is 0.420. The van der Waals surface area contributed by atoms with E-state index in [2.05, 4.69) is 38.8 Å². The molecule has 1 atom stereocenters. The van der Waals surface area contributed by atoms with Gasteiger partial charge in [-0.05, 0) is 68.8 Å². The number of benzene rings is 1. The molecule has 4 aromatic rings. The Morgan fingerprint density at radius 3 is 2.77 bits per heavy atom. The normalized spacial score (nSPS) is 16.0. The molecule has 35 heavy (non-hydrogen) atoms. The second kappa shape index (κ2) is 10.0. The zero-order chi connectivity index (χ0) is 24.4. The Balaban J connectivity index is 1.37. The number of aromatic nitrogens is 4. The number of nitrogens with zero attached hydrogens (tertiary/aromatic N) is 5. The molecule has 1 amide bonds. The minimum atomic E-state index is -0.0741. The molecule has 0 spiro atoms. The van der Waals surface area contributed by atoms with E-state index in [0.29, 0.717) is 13.1 Å². The van der Waals surface area contributed by atoms with E-state index >= 15 is 0 Å². The molecule has 1 saturated heterocycles. The van der Waals surface area contributed by atoms with E-state index in [1.165, 1.54) is 4.88 Å². The Morgan fingerprint density at radius 1 is 1.20 bits per heavy atom. The molecule has 0 aliphatic carbocycles. The van der Waals surface area contributed by atoms with E-state index in [1.54, 1.807) is 18.4 Å². The van der Waals surface area contributed by atoms with Crippen LogP contribution in [0.2, 0.25) is 0 Å². The molecule has 1 N–H and O–H groups in total. The van der Waals surface area contributed by atoms with Gasteiger partial charge in [-0.2, -0.15) is 10.2 Å². The molecule has 1 aliphatic heterocycles. The predicted octanol–water partition coefficient (Wildman–Crippen LogP) is 4.08. The summed E-state index contributed by atoms with van der Waals surface area (Å²) in [6, 6.07) is 12.0. The van der Waals surface area contributed by atoms with Crippen LogP contribution in [0.25, 0.3) is 16.6 Å². The van der Waals surface area contributed by atoms with Crippen LogP contribution in [-0.4, -0.2) is 52.6 Å². The number of rotatable bonds is 7. The lowest BCUT2D eigenvalue weighted by atomic mass is 9.97. The number of anilines is 1. The van der Waals surface area contributed by atoms with Crippen LogP contribution >= 0.6 is 11.3 Å². The lowest BCUT2D eigenvalue weighted by Crippen LogP contribution is -2.44. The summed E-state index contributed by atoms with van der Waals surface area (Å²) < 4.78 is 7.23. The van der Waals surface area contributed by atoms with Crippen molar-refractivity contribution >= 4 is 34.0 Å². The monoisotopic (exact) mass is 490 g/mol. The molecular weight excluding hydrogens is 460 g/mol. The van der Waals surface area contributed by atoms with Crippen molar-refractivity contribution in [2.75, 3.05) is 31.6 Å². The van der Waals surface area contributed by atoms with E-state index in [4.69, 9.17) is 9.84 Å². The average molecular weight is 491 g/mol. The van der Waals surface area contributed by atoms with Crippen molar-refractivity contribution in [1.82, 2.24) is 25.3 Å². The zero-order valence-corrected chi connectivity index (χ0v) is 21.1. The summed E-state index contributed by atoms with van der Waals surface area (Å²) in [5.41, 5.74) is 3.63. The second-order valence-electron chi connectivity index (χ2n) is 8.93. The van der Waals surface area contributed by atoms with Crippen LogP contribution in [0.1, 0.15) is 29.1 Å². The minimum Gasteiger partial charge on any atom is -0.497 e. The Bertz CT molecular complexity index is 1320. The first kappa shape index (κ1) is 23.3. The van der Waals surface area contributed by atoms with Gasteiger partial charge in [0.25, 0.3) is 0 Å². The maximum absolute atomic E-state index is 12.9. The molecule has 8 nitrogen and oxygen atoms in total. The molecule has 0 unspecified atom stereocenters. The van der Waals surface area contributed by atoms with Crippen molar-refractivity contribution in [3.8, 4) is 11.4 Å². The molecule has 4 heterocycles. The number of carbonyl (C=O) groups excluding carboxylic acids is 1. The van der Waals surface area contributed by atoms with Gasteiger partial charge in [-0.25, -0.2) is 4.68 Å². The topological polar surface area (TPSA) is 85.2 Å². The smallest absolute Gasteiger partial charge is 0.224 e. The molecule has 1 aliphatic rings. The number of hydrogen-bond donors (Lipinski definition) is 1. The first-order valence-corrected chi connectivity index (χ1v) is 12.8. The number of nitrogens with one attached hydrogen (secondary N) is 1. The van der Waals surface area contributed by atoms with Crippen molar-refractivity contribution in [3.05, 3.63) is 58.0 Å². The molecule has 0 saturated carbocycles. The second-order valence-corrected chi connectivity index (χ2v) is 9.97. The van der Waals surface area contributed by atoms with Gasteiger partial charge in [0.2, 0.25) is 5.91 Å². The van der Waals surface area contributed by atoms with E-state index < -0.39 is 0 Å². The number of hydrogen-bond acceptors (Lipinski definition) is 7. The number of piperidine rings is 1. The van der Waals surface area contributed by atoms with Gasteiger partial charge in [0.1, 0.15) is 11.3 Å². The third kappa shape index (κ3) is 4.73. The fourth-order valence-corrected chi connectivity index (χ4v) is 5.50. The fraction of sp³-hybridized carbons (Fsp3) is 0.385. The molecule has 182 valence electrons. The van der Waals surface area contributed by atoms with Crippen LogP contribution < -0.4 is 15.0 Å². The highest BCUT2D eigenvalue weighted by Gasteiger charge is 2.29. The number of aryl methyl sites for hydroxylation is 2. The molecule has 1 fully saturated rings. The van der Waals surface area contributed by atoms with E-state index in [0.717, 1.165) is 65.4 Å². The highest BCUT2D eigenvalue weighted by molar-refractivity contribution is 7.09. The largest absolute Gasteiger partial charge is 0.497 e. The Morgan fingerprint density at radius 2 is 2.03 bits per heavy atom. The summed E-state index contributed by atoms with van der Waals surface area (Å²) in [5.74, 6) is 1.59. The van der Waals surface area contributed by atoms with Crippen molar-refractivity contribution in [3.63, 3.8) is 0 Å². The van der Waals surface area contributed by atoms with Crippen molar-refractivity contribution in [2.45, 2.75) is 33.1 Å². The third-order valence-corrected chi connectivity index (χ3v) is 7.58. The Kier molecular flexibility index (Phi) is 6.68. The zero-order valence-electron chi connectivity index (χ0n) is 20.3. The van der Waals surface area contributed by atoms with Gasteiger partial charge in [-0.3, -0.25) is 4.79 Å². The molecule has 0 radical (unpaired) electrons. The molecule has 3 aromatic heterocycles. The lowest BCUT2D eigenvalue weighted by molar-refractivity contribution is -0.125. The fourth-order valence-electron chi connectivity index (χ4n) is 4.79. The molecule has 9 heteroatoms. The SMILES string of the molecule is COc1ccc(-n2nc3c(N4CCC[C@H](C(=O)NCCc5cccs5)C4)nnc(C)c3c2C)cc1. The van der Waals surface area contributed by atoms with Crippen molar-refractivity contribution in [2.24, 2.45) is 5.92 Å². The van der Waals surface area contributed by atoms with E-state index in [9.17, 15) is 4.79 Å². The summed E-state index contributed by atoms with van der Waals surface area (Å²) in [7, 11) is 1.66. The number of fused-ring (bicyclic) bond motifs is 1. The predicted molar refractivity (Wildman–Crippen MR) is 139 cm³/mol. The van der Waals surface area contributed by atoms with Crippen LogP contribution in [0, 0.1) is 19.8 Å². The number of ether oxygens (including phenoxy) is 1. The summed E-state index contributed by atoms with van der Waals surface area (Å²) in [4.78, 5) is 16.4. The Labute approximate surface area is 208 Å². The van der Waals surface area contributed by atoms with Crippen LogP contribution in [0.3, 0.4) is 0 Å². The van der Waals surface area contributed by atoms with E-state index in [-0.39, 0.29) is 11.8 Å². The van der Waals surface area contributed by atoms with Crippen LogP contribution in [0.5, 0.6) is 5.75 Å². The molecule has 0 bridgehead atoms. The first-order chi connectivity index (χ1) is 17.0. The highest BCUT2D eigenvalue weighted by Crippen LogP contribution is 2.32. The standard InChI is InChI=1S/C26H30N6O2S/c1-17-23-18(2)32(20-8-10-21(34-3)11-9-20)30-24(23)25(29-28-17)31-14-4-6-19(16-31)26(33)27-13-12-22-7-5-15-35-22/h5,7-11,15,19H,4,6,12-14,16H2,1-3H3,(H,27,33)/t19-/m0/s1. The van der Waals surface area contributed by atoms with Gasteiger partial charge in [0, 0.05) is 24.5 Å². The summed E-state index contributed by atoms with van der Waals surface area (Å²) >= 11 is 1.72. The van der Waals surface area contributed by atoms with Gasteiger partial charge < -0.3 is 15.0 Å². The van der Waals surface area contributed by atoms with Crippen LogP contribution in [-0.2, 0) is 11.2 Å². The number of thiophene rings is 1. The van der Waals surface area contributed by atoms with Gasteiger partial charge in [0.15, 0.2) is 5.82 Å². The summed E-state index contributed by atoms with van der Waals surface area (Å²) in [6.45, 7) is 6.13. The number of carbonyl (C=O) groups is 1. The molecule has 1 aromatic carbocycles. The average Bonchev–Trinajstić information content (AvgIpc) is 3.53. The lowest BCUT2D eigenvalue weighted by Gasteiger charge is -2.32. The molecule has 5 rings (SSSR count). The van der Waals surface area contributed by atoms with Gasteiger partial charge >= 0.3 is 0 Å². The summed E-state index contributed by atoms with van der Waals surface area (Å²) in [6.07, 6.45) is 2.67. The Hall–Kier alpha value is -3.46. The van der Waals surface area contributed by atoms with Gasteiger partial charge in [-0.15, -0.1) is 16.4 Å². The maximum Gasteiger partial charge on any atom is 0.224 e. The highest BCUT2D eigenvalue weighted by atomic mass is 32.1. The van der Waals surface area contributed by atoms with Gasteiger partial charge in [-0.1, -0.05) is 6.07 Å². The minimum absolute atomic E-state index is 0.0741. The third-order valence-electron chi connectivity index (χ3n) is 6.64. The van der Waals surface area contributed by atoms with Crippen LogP contribution in [0.4, 0.5) is 5.82 Å². The molecular formula is C26H30N6O2S. The summed E-state index contributed by atoms with van der Waals surface area (Å²) in [5, 5.41) is 20.2.